The Morgan fingerprint density at radius 3 is 2.76 bits per heavy atom. The third kappa shape index (κ3) is 3.31. The molecule has 110 valence electrons. The molecule has 5 heteroatoms. The lowest BCUT2D eigenvalue weighted by Gasteiger charge is -2.10. The summed E-state index contributed by atoms with van der Waals surface area (Å²) in [5.74, 6) is -0.765. The van der Waals surface area contributed by atoms with Gasteiger partial charge in [0.1, 0.15) is 5.75 Å². The van der Waals surface area contributed by atoms with Crippen molar-refractivity contribution < 1.29 is 19.0 Å². The van der Waals surface area contributed by atoms with Gasteiger partial charge in [0.05, 0.1) is 6.61 Å². The molecule has 2 aromatic carbocycles. The number of phenols is 1. The highest BCUT2D eigenvalue weighted by Gasteiger charge is 2.12. The Morgan fingerprint density at radius 2 is 2.10 bits per heavy atom. The van der Waals surface area contributed by atoms with Crippen LogP contribution < -0.4 is 10.1 Å². The summed E-state index contributed by atoms with van der Waals surface area (Å²) in [5, 5.41) is 12.2. The van der Waals surface area contributed by atoms with Gasteiger partial charge in [0.25, 0.3) is 5.91 Å². The number of carbonyl (C=O) groups excluding carboxylic acids is 1. The van der Waals surface area contributed by atoms with Gasteiger partial charge in [-0.05, 0) is 38.1 Å². The number of anilines is 1. The maximum absolute atomic E-state index is 13.7. The normalized spacial score (nSPS) is 10.2. The predicted octanol–water partition coefficient (Wildman–Crippen LogP) is 3.49. The summed E-state index contributed by atoms with van der Waals surface area (Å²) in [4.78, 5) is 12.1. The number of aromatic hydroxyl groups is 1. The number of rotatable bonds is 4. The van der Waals surface area contributed by atoms with Crippen LogP contribution in [0.25, 0.3) is 0 Å². The molecular formula is C16H16FNO3. The van der Waals surface area contributed by atoms with Crippen LogP contribution in [0.1, 0.15) is 22.8 Å². The molecule has 0 radical (unpaired) electrons. The highest BCUT2D eigenvalue weighted by atomic mass is 19.1. The second-order valence-corrected chi connectivity index (χ2v) is 4.48. The molecule has 0 aliphatic heterocycles. The van der Waals surface area contributed by atoms with Crippen LogP contribution in [-0.2, 0) is 0 Å². The second-order valence-electron chi connectivity index (χ2n) is 4.48. The van der Waals surface area contributed by atoms with Crippen LogP contribution in [0.4, 0.5) is 10.1 Å². The van der Waals surface area contributed by atoms with Crippen molar-refractivity contribution in [2.24, 2.45) is 0 Å². The van der Waals surface area contributed by atoms with Crippen molar-refractivity contribution in [1.82, 2.24) is 0 Å². The van der Waals surface area contributed by atoms with E-state index in [1.54, 1.807) is 32.0 Å². The predicted molar refractivity (Wildman–Crippen MR) is 78.4 cm³/mol. The standard InChI is InChI=1S/C16H16FNO3/c1-3-21-15-8-7-11(9-13(15)17)18-16(20)12-5-4-6-14(19)10(12)2/h4-9,19H,3H2,1-2H3,(H,18,20). The molecule has 0 bridgehead atoms. The smallest absolute Gasteiger partial charge is 0.256 e. The van der Waals surface area contributed by atoms with Gasteiger partial charge in [-0.15, -0.1) is 0 Å². The van der Waals surface area contributed by atoms with Crippen molar-refractivity contribution in [3.8, 4) is 11.5 Å². The Balaban J connectivity index is 2.20. The van der Waals surface area contributed by atoms with E-state index < -0.39 is 11.7 Å². The highest BCUT2D eigenvalue weighted by Crippen LogP contribution is 2.23. The summed E-state index contributed by atoms with van der Waals surface area (Å²) in [6.07, 6.45) is 0. The molecule has 2 aromatic rings. The molecule has 0 heterocycles. The fourth-order valence-corrected chi connectivity index (χ4v) is 1.92. The van der Waals surface area contributed by atoms with Gasteiger partial charge in [0.2, 0.25) is 0 Å². The molecule has 0 atom stereocenters. The number of hydrogen-bond donors (Lipinski definition) is 2. The van der Waals surface area contributed by atoms with Gasteiger partial charge in [0.15, 0.2) is 11.6 Å². The molecule has 0 aliphatic carbocycles. The molecule has 0 unspecified atom stereocenters. The molecule has 0 aliphatic rings. The number of ether oxygens (including phenoxy) is 1. The van der Waals surface area contributed by atoms with E-state index >= 15 is 0 Å². The van der Waals surface area contributed by atoms with Gasteiger partial charge in [-0.3, -0.25) is 4.79 Å². The van der Waals surface area contributed by atoms with Crippen molar-refractivity contribution in [3.63, 3.8) is 0 Å². The van der Waals surface area contributed by atoms with Crippen LogP contribution in [0.15, 0.2) is 36.4 Å². The van der Waals surface area contributed by atoms with E-state index in [1.807, 2.05) is 0 Å². The fraction of sp³-hybridized carbons (Fsp3) is 0.188. The molecule has 0 aromatic heterocycles. The van der Waals surface area contributed by atoms with Crippen molar-refractivity contribution in [1.29, 1.82) is 0 Å². The largest absolute Gasteiger partial charge is 0.508 e. The summed E-state index contributed by atoms with van der Waals surface area (Å²) in [5.41, 5.74) is 1.13. The Kier molecular flexibility index (Phi) is 4.42. The maximum atomic E-state index is 13.7. The van der Waals surface area contributed by atoms with Crippen LogP contribution in [0.3, 0.4) is 0 Å². The molecule has 2 rings (SSSR count). The van der Waals surface area contributed by atoms with Crippen LogP contribution in [-0.4, -0.2) is 17.6 Å². The van der Waals surface area contributed by atoms with Crippen molar-refractivity contribution in [3.05, 3.63) is 53.3 Å². The zero-order valence-electron chi connectivity index (χ0n) is 11.8. The van der Waals surface area contributed by atoms with E-state index in [4.69, 9.17) is 4.74 Å². The first-order valence-corrected chi connectivity index (χ1v) is 6.55. The zero-order valence-corrected chi connectivity index (χ0v) is 11.8. The first kappa shape index (κ1) is 14.8. The lowest BCUT2D eigenvalue weighted by molar-refractivity contribution is 0.102. The molecule has 4 nitrogen and oxygen atoms in total. The first-order valence-electron chi connectivity index (χ1n) is 6.55. The molecular weight excluding hydrogens is 273 g/mol. The Labute approximate surface area is 122 Å². The SMILES string of the molecule is CCOc1ccc(NC(=O)c2cccc(O)c2C)cc1F. The molecule has 0 saturated heterocycles. The van der Waals surface area contributed by atoms with Crippen LogP contribution in [0, 0.1) is 12.7 Å². The van der Waals surface area contributed by atoms with E-state index in [2.05, 4.69) is 5.32 Å². The number of nitrogens with one attached hydrogen (secondary N) is 1. The van der Waals surface area contributed by atoms with E-state index in [0.717, 1.165) is 0 Å². The van der Waals surface area contributed by atoms with Crippen molar-refractivity contribution >= 4 is 11.6 Å². The van der Waals surface area contributed by atoms with E-state index in [0.29, 0.717) is 23.4 Å². The maximum Gasteiger partial charge on any atom is 0.256 e. The molecule has 0 spiro atoms. The Morgan fingerprint density at radius 1 is 1.33 bits per heavy atom. The van der Waals surface area contributed by atoms with Gasteiger partial charge in [-0.1, -0.05) is 6.07 Å². The van der Waals surface area contributed by atoms with Crippen LogP contribution in [0.5, 0.6) is 11.5 Å². The lowest BCUT2D eigenvalue weighted by Crippen LogP contribution is -2.13. The van der Waals surface area contributed by atoms with Crippen molar-refractivity contribution in [2.45, 2.75) is 13.8 Å². The third-order valence-electron chi connectivity index (χ3n) is 3.04. The number of phenolic OH excluding ortho intramolecular Hbond substituents is 1. The summed E-state index contributed by atoms with van der Waals surface area (Å²) >= 11 is 0. The minimum Gasteiger partial charge on any atom is -0.508 e. The quantitative estimate of drug-likeness (QED) is 0.905. The first-order chi connectivity index (χ1) is 10.0. The number of amides is 1. The number of carbonyl (C=O) groups is 1. The number of halogens is 1. The molecule has 0 saturated carbocycles. The average Bonchev–Trinajstić information content (AvgIpc) is 2.45. The lowest BCUT2D eigenvalue weighted by atomic mass is 10.1. The van der Waals surface area contributed by atoms with Crippen molar-refractivity contribution in [2.75, 3.05) is 11.9 Å². The van der Waals surface area contributed by atoms with E-state index in [-0.39, 0.29) is 11.5 Å². The monoisotopic (exact) mass is 289 g/mol. The summed E-state index contributed by atoms with van der Waals surface area (Å²) in [6, 6.07) is 8.89. The van der Waals surface area contributed by atoms with Crippen LogP contribution >= 0.6 is 0 Å². The van der Waals surface area contributed by atoms with E-state index in [1.165, 1.54) is 18.2 Å². The molecule has 1 amide bonds. The summed E-state index contributed by atoms with van der Waals surface area (Å²) in [7, 11) is 0. The Hall–Kier alpha value is -2.56. The van der Waals surface area contributed by atoms with Gasteiger partial charge in [-0.2, -0.15) is 0 Å². The summed E-state index contributed by atoms with van der Waals surface area (Å²) in [6.45, 7) is 3.77. The fourth-order valence-electron chi connectivity index (χ4n) is 1.92. The number of benzene rings is 2. The minimum absolute atomic E-state index is 0.0422. The molecule has 0 fully saturated rings. The van der Waals surface area contributed by atoms with Gasteiger partial charge < -0.3 is 15.2 Å². The van der Waals surface area contributed by atoms with Crippen LogP contribution in [0.2, 0.25) is 0 Å². The van der Waals surface area contributed by atoms with Gasteiger partial charge in [0, 0.05) is 22.9 Å². The average molecular weight is 289 g/mol. The zero-order chi connectivity index (χ0) is 15.4. The second kappa shape index (κ2) is 6.26. The Bertz CT molecular complexity index is 671. The molecule has 21 heavy (non-hydrogen) atoms. The minimum atomic E-state index is -0.540. The third-order valence-corrected chi connectivity index (χ3v) is 3.04. The highest BCUT2D eigenvalue weighted by molar-refractivity contribution is 6.05. The summed E-state index contributed by atoms with van der Waals surface area (Å²) < 4.78 is 18.8. The number of hydrogen-bond acceptors (Lipinski definition) is 3. The topological polar surface area (TPSA) is 58.6 Å². The van der Waals surface area contributed by atoms with Gasteiger partial charge in [-0.25, -0.2) is 4.39 Å². The van der Waals surface area contributed by atoms with E-state index in [9.17, 15) is 14.3 Å². The van der Waals surface area contributed by atoms with Gasteiger partial charge >= 0.3 is 0 Å². The molecule has 2 N–H and O–H groups in total.